The molecule has 0 heterocycles. The standard InChI is InChI=1S/C9H17IO2/c1-4-8(10)7-9(11-5-2)12-6-3/h4,9H,5-7H2,1-3H3/b8-4+. The topological polar surface area (TPSA) is 18.5 Å². The Bertz CT molecular complexity index is 128. The van der Waals surface area contributed by atoms with Gasteiger partial charge in [0.05, 0.1) is 0 Å². The number of hydrogen-bond donors (Lipinski definition) is 0. The van der Waals surface area contributed by atoms with Crippen LogP contribution in [0.3, 0.4) is 0 Å². The maximum absolute atomic E-state index is 5.39. The zero-order valence-electron chi connectivity index (χ0n) is 7.97. The molecule has 0 saturated heterocycles. The van der Waals surface area contributed by atoms with Crippen LogP contribution < -0.4 is 0 Å². The fraction of sp³-hybridized carbons (Fsp3) is 0.778. The molecule has 0 aromatic carbocycles. The van der Waals surface area contributed by atoms with Gasteiger partial charge in [-0.15, -0.1) is 0 Å². The van der Waals surface area contributed by atoms with E-state index in [4.69, 9.17) is 9.47 Å². The highest BCUT2D eigenvalue weighted by molar-refractivity contribution is 14.1. The van der Waals surface area contributed by atoms with Crippen molar-refractivity contribution in [3.8, 4) is 0 Å². The third-order valence-corrected chi connectivity index (χ3v) is 2.44. The van der Waals surface area contributed by atoms with E-state index >= 15 is 0 Å². The highest BCUT2D eigenvalue weighted by atomic mass is 127. The van der Waals surface area contributed by atoms with Crippen LogP contribution in [0.1, 0.15) is 27.2 Å². The molecule has 0 N–H and O–H groups in total. The maximum Gasteiger partial charge on any atom is 0.161 e. The van der Waals surface area contributed by atoms with Gasteiger partial charge in [0.2, 0.25) is 0 Å². The first-order valence-corrected chi connectivity index (χ1v) is 5.36. The zero-order chi connectivity index (χ0) is 9.40. The zero-order valence-corrected chi connectivity index (χ0v) is 10.1. The third-order valence-electron chi connectivity index (χ3n) is 1.38. The summed E-state index contributed by atoms with van der Waals surface area (Å²) in [5.41, 5.74) is 0. The van der Waals surface area contributed by atoms with Crippen LogP contribution in [0.2, 0.25) is 0 Å². The van der Waals surface area contributed by atoms with Gasteiger partial charge in [0.25, 0.3) is 0 Å². The third kappa shape index (κ3) is 5.97. The molecule has 0 fully saturated rings. The molecular formula is C9H17IO2. The van der Waals surface area contributed by atoms with E-state index in [1.54, 1.807) is 0 Å². The summed E-state index contributed by atoms with van der Waals surface area (Å²) in [5, 5.41) is 0. The summed E-state index contributed by atoms with van der Waals surface area (Å²) >= 11 is 2.30. The number of allylic oxidation sites excluding steroid dienone is 1. The van der Waals surface area contributed by atoms with Crippen LogP contribution in [0.15, 0.2) is 9.66 Å². The van der Waals surface area contributed by atoms with Gasteiger partial charge in [0.15, 0.2) is 6.29 Å². The Kier molecular flexibility index (Phi) is 8.27. The summed E-state index contributed by atoms with van der Waals surface area (Å²) in [6, 6.07) is 0. The average molecular weight is 284 g/mol. The fourth-order valence-electron chi connectivity index (χ4n) is 0.815. The van der Waals surface area contributed by atoms with Gasteiger partial charge < -0.3 is 9.47 Å². The van der Waals surface area contributed by atoms with Crippen molar-refractivity contribution in [1.29, 1.82) is 0 Å². The summed E-state index contributed by atoms with van der Waals surface area (Å²) in [6.45, 7) is 7.40. The molecule has 2 nitrogen and oxygen atoms in total. The van der Waals surface area contributed by atoms with Crippen LogP contribution in [0, 0.1) is 0 Å². The van der Waals surface area contributed by atoms with Crippen molar-refractivity contribution in [3.63, 3.8) is 0 Å². The molecule has 0 rings (SSSR count). The van der Waals surface area contributed by atoms with E-state index in [1.807, 2.05) is 20.8 Å². The van der Waals surface area contributed by atoms with E-state index in [0.717, 1.165) is 6.42 Å². The highest BCUT2D eigenvalue weighted by Gasteiger charge is 2.08. The number of rotatable bonds is 6. The molecule has 12 heavy (non-hydrogen) atoms. The summed E-state index contributed by atoms with van der Waals surface area (Å²) in [4.78, 5) is 0. The van der Waals surface area contributed by atoms with E-state index in [9.17, 15) is 0 Å². The summed E-state index contributed by atoms with van der Waals surface area (Å²) < 4.78 is 12.1. The molecule has 0 unspecified atom stereocenters. The van der Waals surface area contributed by atoms with Gasteiger partial charge in [-0.1, -0.05) is 6.08 Å². The Labute approximate surface area is 88.5 Å². The van der Waals surface area contributed by atoms with Crippen LogP contribution in [0.5, 0.6) is 0 Å². The molecule has 0 aromatic rings. The van der Waals surface area contributed by atoms with Crippen molar-refractivity contribution in [2.45, 2.75) is 33.5 Å². The second-order valence-corrected chi connectivity index (χ2v) is 3.67. The molecule has 0 spiro atoms. The van der Waals surface area contributed by atoms with Crippen molar-refractivity contribution in [3.05, 3.63) is 9.66 Å². The van der Waals surface area contributed by atoms with Crippen LogP contribution in [0.4, 0.5) is 0 Å². The number of ether oxygens (including phenoxy) is 2. The van der Waals surface area contributed by atoms with Gasteiger partial charge in [-0.05, 0) is 46.9 Å². The van der Waals surface area contributed by atoms with E-state index in [1.165, 1.54) is 3.58 Å². The van der Waals surface area contributed by atoms with E-state index < -0.39 is 0 Å². The molecular weight excluding hydrogens is 267 g/mol. The molecule has 72 valence electrons. The Morgan fingerprint density at radius 2 is 1.83 bits per heavy atom. The van der Waals surface area contributed by atoms with Gasteiger partial charge in [0.1, 0.15) is 0 Å². The van der Waals surface area contributed by atoms with Crippen molar-refractivity contribution in [1.82, 2.24) is 0 Å². The first kappa shape index (κ1) is 12.4. The lowest BCUT2D eigenvalue weighted by Crippen LogP contribution is -2.17. The fourth-order valence-corrected chi connectivity index (χ4v) is 1.17. The molecule has 0 amide bonds. The lowest BCUT2D eigenvalue weighted by Gasteiger charge is -2.16. The van der Waals surface area contributed by atoms with Gasteiger partial charge in [-0.3, -0.25) is 0 Å². The number of halogens is 1. The summed E-state index contributed by atoms with van der Waals surface area (Å²) in [5.74, 6) is 0. The first-order valence-electron chi connectivity index (χ1n) is 4.28. The highest BCUT2D eigenvalue weighted by Crippen LogP contribution is 2.16. The molecule has 0 saturated carbocycles. The second kappa shape index (κ2) is 8.01. The maximum atomic E-state index is 5.39. The van der Waals surface area contributed by atoms with E-state index in [2.05, 4.69) is 28.7 Å². The smallest absolute Gasteiger partial charge is 0.161 e. The SMILES string of the molecule is C/C=C(/I)CC(OCC)OCC. The second-order valence-electron chi connectivity index (χ2n) is 2.28. The van der Waals surface area contributed by atoms with Crippen LogP contribution >= 0.6 is 22.6 Å². The number of hydrogen-bond acceptors (Lipinski definition) is 2. The minimum absolute atomic E-state index is 0.0666. The molecule has 0 bridgehead atoms. The predicted octanol–water partition coefficient (Wildman–Crippen LogP) is 3.11. The van der Waals surface area contributed by atoms with Gasteiger partial charge in [0, 0.05) is 19.6 Å². The molecule has 0 aromatic heterocycles. The largest absolute Gasteiger partial charge is 0.353 e. The van der Waals surface area contributed by atoms with E-state index in [0.29, 0.717) is 13.2 Å². The quantitative estimate of drug-likeness (QED) is 0.551. The monoisotopic (exact) mass is 284 g/mol. The molecule has 0 aliphatic heterocycles. The molecule has 0 radical (unpaired) electrons. The normalized spacial score (nSPS) is 12.6. The van der Waals surface area contributed by atoms with Crippen molar-refractivity contribution >= 4 is 22.6 Å². The predicted molar refractivity (Wildman–Crippen MR) is 59.4 cm³/mol. The molecule has 0 aliphatic rings. The van der Waals surface area contributed by atoms with Gasteiger partial charge in [-0.25, -0.2) is 0 Å². The Morgan fingerprint density at radius 3 is 2.17 bits per heavy atom. The van der Waals surface area contributed by atoms with E-state index in [-0.39, 0.29) is 6.29 Å². The van der Waals surface area contributed by atoms with Crippen LogP contribution in [-0.2, 0) is 9.47 Å². The summed E-state index contributed by atoms with van der Waals surface area (Å²) in [6.07, 6.45) is 2.87. The summed E-state index contributed by atoms with van der Waals surface area (Å²) in [7, 11) is 0. The first-order chi connectivity index (χ1) is 5.74. The molecule has 0 atom stereocenters. The minimum atomic E-state index is -0.0666. The van der Waals surface area contributed by atoms with Crippen LogP contribution in [-0.4, -0.2) is 19.5 Å². The van der Waals surface area contributed by atoms with Crippen LogP contribution in [0.25, 0.3) is 0 Å². The Hall–Kier alpha value is 0.390. The van der Waals surface area contributed by atoms with Crippen molar-refractivity contribution < 1.29 is 9.47 Å². The Morgan fingerprint density at radius 1 is 1.33 bits per heavy atom. The van der Waals surface area contributed by atoms with Crippen molar-refractivity contribution in [2.24, 2.45) is 0 Å². The van der Waals surface area contributed by atoms with Crippen molar-refractivity contribution in [2.75, 3.05) is 13.2 Å². The van der Waals surface area contributed by atoms with Gasteiger partial charge in [-0.2, -0.15) is 0 Å². The average Bonchev–Trinajstić information content (AvgIpc) is 2.05. The Balaban J connectivity index is 3.77. The van der Waals surface area contributed by atoms with Gasteiger partial charge >= 0.3 is 0 Å². The molecule has 0 aliphatic carbocycles. The lowest BCUT2D eigenvalue weighted by atomic mass is 10.4. The molecule has 3 heteroatoms. The minimum Gasteiger partial charge on any atom is -0.353 e. The lowest BCUT2D eigenvalue weighted by molar-refractivity contribution is -0.133.